The van der Waals surface area contributed by atoms with Crippen LogP contribution in [-0.4, -0.2) is 11.6 Å². The molecule has 17 heavy (non-hydrogen) atoms. The molecule has 2 heteroatoms. The van der Waals surface area contributed by atoms with Gasteiger partial charge in [0.15, 0.2) is 0 Å². The van der Waals surface area contributed by atoms with Crippen LogP contribution in [0.4, 0.5) is 0 Å². The van der Waals surface area contributed by atoms with Crippen LogP contribution in [0.3, 0.4) is 0 Å². The van der Waals surface area contributed by atoms with E-state index in [2.05, 4.69) is 35.3 Å². The second-order valence-corrected chi connectivity index (χ2v) is 4.33. The summed E-state index contributed by atoms with van der Waals surface area (Å²) in [4.78, 5) is 4.43. The van der Waals surface area contributed by atoms with E-state index in [1.54, 1.807) is 0 Å². The topological polar surface area (TPSA) is 22.1 Å². The molecule has 1 aliphatic rings. The molecule has 86 valence electrons. The third-order valence-electron chi connectivity index (χ3n) is 3.22. The average molecular weight is 225 g/mol. The zero-order valence-corrected chi connectivity index (χ0v) is 9.67. The molecular weight excluding hydrogens is 210 g/mol. The van der Waals surface area contributed by atoms with Gasteiger partial charge in [-0.3, -0.25) is 4.98 Å². The number of rotatable bonds is 1. The van der Waals surface area contributed by atoms with Crippen molar-refractivity contribution in [1.29, 1.82) is 0 Å². The molecule has 0 N–H and O–H groups in total. The Bertz CT molecular complexity index is 495. The molecule has 0 spiro atoms. The van der Waals surface area contributed by atoms with Crippen molar-refractivity contribution in [2.24, 2.45) is 0 Å². The van der Waals surface area contributed by atoms with Crippen molar-refractivity contribution >= 4 is 0 Å². The van der Waals surface area contributed by atoms with Gasteiger partial charge in [0.2, 0.25) is 0 Å². The number of ether oxygens (including phenoxy) is 1. The van der Waals surface area contributed by atoms with Crippen molar-refractivity contribution in [2.75, 3.05) is 6.61 Å². The number of aromatic nitrogens is 1. The Balaban J connectivity index is 1.91. The Morgan fingerprint density at radius 3 is 2.82 bits per heavy atom. The first kappa shape index (κ1) is 10.5. The summed E-state index contributed by atoms with van der Waals surface area (Å²) in [5.74, 6) is 0. The number of hydrogen-bond acceptors (Lipinski definition) is 2. The van der Waals surface area contributed by atoms with Crippen LogP contribution >= 0.6 is 0 Å². The van der Waals surface area contributed by atoms with Gasteiger partial charge in [0.1, 0.15) is 0 Å². The second-order valence-electron chi connectivity index (χ2n) is 4.33. The maximum absolute atomic E-state index is 5.93. The third kappa shape index (κ3) is 2.22. The van der Waals surface area contributed by atoms with Crippen molar-refractivity contribution in [2.45, 2.75) is 18.9 Å². The number of pyridine rings is 1. The highest BCUT2D eigenvalue weighted by Gasteiger charge is 2.18. The summed E-state index contributed by atoms with van der Waals surface area (Å²) < 4.78 is 5.93. The fourth-order valence-electron chi connectivity index (χ4n) is 2.32. The van der Waals surface area contributed by atoms with Crippen LogP contribution in [0.2, 0.25) is 0 Å². The fourth-order valence-corrected chi connectivity index (χ4v) is 2.32. The van der Waals surface area contributed by atoms with Crippen LogP contribution in [-0.2, 0) is 17.6 Å². The highest BCUT2D eigenvalue weighted by atomic mass is 16.5. The molecule has 2 aromatic rings. The van der Waals surface area contributed by atoms with Crippen molar-refractivity contribution in [3.05, 3.63) is 65.5 Å². The lowest BCUT2D eigenvalue weighted by Crippen LogP contribution is -2.06. The van der Waals surface area contributed by atoms with Crippen LogP contribution in [0.5, 0.6) is 0 Å². The normalized spacial score (nSPS) is 19.4. The first-order valence-corrected chi connectivity index (χ1v) is 6.03. The Morgan fingerprint density at radius 1 is 1.06 bits per heavy atom. The summed E-state index contributed by atoms with van der Waals surface area (Å²) in [5, 5.41) is 0. The Kier molecular flexibility index (Phi) is 2.88. The largest absolute Gasteiger partial charge is 0.373 e. The standard InChI is InChI=1S/C15H15NO/c1-2-5-12(6-3-1)15-11-13-7-4-9-16-14(13)8-10-17-15/h1-7,9,15H,8,10-11H2. The molecule has 0 fully saturated rings. The van der Waals surface area contributed by atoms with Gasteiger partial charge in [0, 0.05) is 24.7 Å². The van der Waals surface area contributed by atoms with Gasteiger partial charge in [-0.2, -0.15) is 0 Å². The summed E-state index contributed by atoms with van der Waals surface area (Å²) in [6.07, 6.45) is 3.87. The minimum atomic E-state index is 0.168. The number of fused-ring (bicyclic) bond motifs is 1. The summed E-state index contributed by atoms with van der Waals surface area (Å²) in [5.41, 5.74) is 3.76. The van der Waals surface area contributed by atoms with Gasteiger partial charge < -0.3 is 4.74 Å². The SMILES string of the molecule is c1ccc(C2Cc3cccnc3CCO2)cc1. The Morgan fingerprint density at radius 2 is 1.94 bits per heavy atom. The van der Waals surface area contributed by atoms with E-state index >= 15 is 0 Å². The van der Waals surface area contributed by atoms with Gasteiger partial charge in [-0.15, -0.1) is 0 Å². The van der Waals surface area contributed by atoms with Gasteiger partial charge in [0.25, 0.3) is 0 Å². The third-order valence-corrected chi connectivity index (χ3v) is 3.22. The fraction of sp³-hybridized carbons (Fsp3) is 0.267. The van der Waals surface area contributed by atoms with E-state index in [-0.39, 0.29) is 6.10 Å². The molecule has 0 aliphatic carbocycles. The zero-order chi connectivity index (χ0) is 11.5. The molecule has 1 aromatic heterocycles. The van der Waals surface area contributed by atoms with Crippen LogP contribution in [0, 0.1) is 0 Å². The van der Waals surface area contributed by atoms with Crippen molar-refractivity contribution < 1.29 is 4.74 Å². The highest BCUT2D eigenvalue weighted by molar-refractivity contribution is 5.26. The molecule has 0 saturated heterocycles. The highest BCUT2D eigenvalue weighted by Crippen LogP contribution is 2.26. The summed E-state index contributed by atoms with van der Waals surface area (Å²) in [7, 11) is 0. The molecule has 1 atom stereocenters. The van der Waals surface area contributed by atoms with Crippen LogP contribution in [0.15, 0.2) is 48.7 Å². The predicted octanol–water partition coefficient (Wildman–Crippen LogP) is 2.94. The molecule has 0 amide bonds. The first-order chi connectivity index (χ1) is 8.43. The lowest BCUT2D eigenvalue weighted by molar-refractivity contribution is 0.0605. The minimum Gasteiger partial charge on any atom is -0.373 e. The molecule has 1 unspecified atom stereocenters. The lowest BCUT2D eigenvalue weighted by atomic mass is 10.0. The summed E-state index contributed by atoms with van der Waals surface area (Å²) in [6, 6.07) is 14.6. The Labute approximate surface area is 101 Å². The monoisotopic (exact) mass is 225 g/mol. The molecule has 3 rings (SSSR count). The predicted molar refractivity (Wildman–Crippen MR) is 66.8 cm³/mol. The van der Waals surface area contributed by atoms with Crippen LogP contribution < -0.4 is 0 Å². The first-order valence-electron chi connectivity index (χ1n) is 6.03. The van der Waals surface area contributed by atoms with E-state index in [1.165, 1.54) is 16.8 Å². The van der Waals surface area contributed by atoms with Crippen molar-refractivity contribution in [3.8, 4) is 0 Å². The van der Waals surface area contributed by atoms with E-state index in [1.807, 2.05) is 18.3 Å². The number of nitrogens with zero attached hydrogens (tertiary/aromatic N) is 1. The minimum absolute atomic E-state index is 0.168. The van der Waals surface area contributed by atoms with Gasteiger partial charge >= 0.3 is 0 Å². The summed E-state index contributed by atoms with van der Waals surface area (Å²) in [6.45, 7) is 0.754. The molecule has 1 aliphatic heterocycles. The van der Waals surface area contributed by atoms with Crippen LogP contribution in [0.25, 0.3) is 0 Å². The van der Waals surface area contributed by atoms with Crippen LogP contribution in [0.1, 0.15) is 22.9 Å². The quantitative estimate of drug-likeness (QED) is 0.744. The molecule has 1 aromatic carbocycles. The number of benzene rings is 1. The summed E-state index contributed by atoms with van der Waals surface area (Å²) >= 11 is 0. The maximum Gasteiger partial charge on any atom is 0.0866 e. The van der Waals surface area contributed by atoms with Gasteiger partial charge in [-0.25, -0.2) is 0 Å². The van der Waals surface area contributed by atoms with Crippen molar-refractivity contribution in [3.63, 3.8) is 0 Å². The molecule has 0 saturated carbocycles. The molecule has 0 bridgehead atoms. The molecule has 0 radical (unpaired) electrons. The zero-order valence-electron chi connectivity index (χ0n) is 9.67. The van der Waals surface area contributed by atoms with E-state index in [4.69, 9.17) is 4.74 Å². The molecule has 2 heterocycles. The van der Waals surface area contributed by atoms with Gasteiger partial charge in [-0.05, 0) is 17.2 Å². The second kappa shape index (κ2) is 4.68. The van der Waals surface area contributed by atoms with E-state index < -0.39 is 0 Å². The van der Waals surface area contributed by atoms with Gasteiger partial charge in [-0.1, -0.05) is 36.4 Å². The van der Waals surface area contributed by atoms with E-state index in [0.29, 0.717) is 0 Å². The van der Waals surface area contributed by atoms with Crippen molar-refractivity contribution in [1.82, 2.24) is 4.98 Å². The smallest absolute Gasteiger partial charge is 0.0866 e. The Hall–Kier alpha value is -1.67. The average Bonchev–Trinajstić information content (AvgIpc) is 2.62. The maximum atomic E-state index is 5.93. The molecular formula is C15H15NO. The number of hydrogen-bond donors (Lipinski definition) is 0. The molecule has 2 nitrogen and oxygen atoms in total. The van der Waals surface area contributed by atoms with E-state index in [0.717, 1.165) is 19.4 Å². The lowest BCUT2D eigenvalue weighted by Gasteiger charge is -2.15. The van der Waals surface area contributed by atoms with E-state index in [9.17, 15) is 0 Å². The van der Waals surface area contributed by atoms with Gasteiger partial charge in [0.05, 0.1) is 12.7 Å².